The topological polar surface area (TPSA) is 48.0 Å². The molecule has 2 rings (SSSR count). The third-order valence-electron chi connectivity index (χ3n) is 3.23. The van der Waals surface area contributed by atoms with Crippen LogP contribution in [0.1, 0.15) is 30.6 Å². The Morgan fingerprint density at radius 2 is 2.17 bits per heavy atom. The van der Waals surface area contributed by atoms with E-state index in [0.717, 1.165) is 23.0 Å². The number of benzene rings is 1. The fourth-order valence-corrected chi connectivity index (χ4v) is 2.58. The van der Waals surface area contributed by atoms with E-state index in [0.29, 0.717) is 6.42 Å². The molecule has 0 aliphatic rings. The van der Waals surface area contributed by atoms with Gasteiger partial charge in [0.25, 0.3) is 0 Å². The number of hydrogen-bond acceptors (Lipinski definition) is 2. The SMILES string of the molecule is CCC(N)C(=O)c1cn(CC)c2cc(I)ccc12. The molecule has 2 aromatic rings. The molecule has 0 spiro atoms. The highest BCUT2D eigenvalue weighted by atomic mass is 127. The summed E-state index contributed by atoms with van der Waals surface area (Å²) in [6.07, 6.45) is 2.60. The van der Waals surface area contributed by atoms with Gasteiger partial charge in [0.2, 0.25) is 0 Å². The molecule has 0 radical (unpaired) electrons. The van der Waals surface area contributed by atoms with Gasteiger partial charge >= 0.3 is 0 Å². The molecule has 1 aromatic carbocycles. The third kappa shape index (κ3) is 2.31. The maximum absolute atomic E-state index is 12.3. The van der Waals surface area contributed by atoms with Crippen LogP contribution in [0.2, 0.25) is 0 Å². The number of hydrogen-bond donors (Lipinski definition) is 1. The van der Waals surface area contributed by atoms with E-state index in [9.17, 15) is 4.79 Å². The van der Waals surface area contributed by atoms with Crippen molar-refractivity contribution in [3.63, 3.8) is 0 Å². The molecule has 2 N–H and O–H groups in total. The minimum absolute atomic E-state index is 0.0379. The molecule has 1 aromatic heterocycles. The molecule has 0 amide bonds. The second-order valence-corrected chi connectivity index (χ2v) is 5.61. The molecule has 0 aliphatic carbocycles. The Morgan fingerprint density at radius 3 is 2.78 bits per heavy atom. The molecule has 0 saturated carbocycles. The number of ketones is 1. The predicted molar refractivity (Wildman–Crippen MR) is 82.9 cm³/mol. The average molecular weight is 356 g/mol. The summed E-state index contributed by atoms with van der Waals surface area (Å²) >= 11 is 2.29. The average Bonchev–Trinajstić information content (AvgIpc) is 2.74. The largest absolute Gasteiger partial charge is 0.347 e. The van der Waals surface area contributed by atoms with Gasteiger partial charge in [0.1, 0.15) is 0 Å². The van der Waals surface area contributed by atoms with Gasteiger partial charge < -0.3 is 10.3 Å². The summed E-state index contributed by atoms with van der Waals surface area (Å²) in [7, 11) is 0. The van der Waals surface area contributed by atoms with Crippen molar-refractivity contribution in [2.24, 2.45) is 5.73 Å². The molecule has 0 fully saturated rings. The zero-order valence-electron chi connectivity index (χ0n) is 10.6. The summed E-state index contributed by atoms with van der Waals surface area (Å²) in [4.78, 5) is 12.3. The molecule has 1 atom stereocenters. The van der Waals surface area contributed by atoms with Crippen LogP contribution in [-0.2, 0) is 6.54 Å². The van der Waals surface area contributed by atoms with Crippen LogP contribution >= 0.6 is 22.6 Å². The van der Waals surface area contributed by atoms with Crippen molar-refractivity contribution >= 4 is 39.3 Å². The first-order chi connectivity index (χ1) is 8.58. The van der Waals surface area contributed by atoms with Gasteiger partial charge in [0, 0.05) is 32.8 Å². The lowest BCUT2D eigenvalue weighted by molar-refractivity contribution is 0.0961. The number of rotatable bonds is 4. The maximum Gasteiger partial charge on any atom is 0.181 e. The number of fused-ring (bicyclic) bond motifs is 1. The Morgan fingerprint density at radius 1 is 1.44 bits per heavy atom. The van der Waals surface area contributed by atoms with Crippen LogP contribution in [0.15, 0.2) is 24.4 Å². The van der Waals surface area contributed by atoms with Gasteiger partial charge in [0.15, 0.2) is 5.78 Å². The van der Waals surface area contributed by atoms with Crippen molar-refractivity contribution < 1.29 is 4.79 Å². The first-order valence-corrected chi connectivity index (χ1v) is 7.24. The highest BCUT2D eigenvalue weighted by molar-refractivity contribution is 14.1. The van der Waals surface area contributed by atoms with E-state index in [4.69, 9.17) is 5.73 Å². The minimum Gasteiger partial charge on any atom is -0.347 e. The molecule has 96 valence electrons. The van der Waals surface area contributed by atoms with E-state index in [-0.39, 0.29) is 5.78 Å². The van der Waals surface area contributed by atoms with Gasteiger partial charge in [0.05, 0.1) is 6.04 Å². The molecule has 4 heteroatoms. The molecule has 18 heavy (non-hydrogen) atoms. The van der Waals surface area contributed by atoms with Crippen LogP contribution in [0.25, 0.3) is 10.9 Å². The first kappa shape index (κ1) is 13.5. The number of nitrogens with two attached hydrogens (primary N) is 1. The molecule has 0 aliphatic heterocycles. The molecule has 1 heterocycles. The van der Waals surface area contributed by atoms with Gasteiger partial charge in [-0.1, -0.05) is 13.0 Å². The fraction of sp³-hybridized carbons (Fsp3) is 0.357. The second-order valence-electron chi connectivity index (χ2n) is 4.37. The zero-order valence-corrected chi connectivity index (χ0v) is 12.8. The monoisotopic (exact) mass is 356 g/mol. The summed E-state index contributed by atoms with van der Waals surface area (Å²) in [5.41, 5.74) is 7.72. The number of aryl methyl sites for hydroxylation is 1. The van der Waals surface area contributed by atoms with E-state index in [1.54, 1.807) is 0 Å². The van der Waals surface area contributed by atoms with Gasteiger partial charge in [-0.2, -0.15) is 0 Å². The standard InChI is InChI=1S/C14H17IN2O/c1-3-12(16)14(18)11-8-17(4-2)13-7-9(15)5-6-10(11)13/h5-8,12H,3-4,16H2,1-2H3. The minimum atomic E-state index is -0.403. The van der Waals surface area contributed by atoms with Gasteiger partial charge in [-0.3, -0.25) is 4.79 Å². The molecular weight excluding hydrogens is 339 g/mol. The summed E-state index contributed by atoms with van der Waals surface area (Å²) < 4.78 is 3.28. The molecule has 3 nitrogen and oxygen atoms in total. The first-order valence-electron chi connectivity index (χ1n) is 6.16. The zero-order chi connectivity index (χ0) is 13.3. The van der Waals surface area contributed by atoms with Crippen LogP contribution in [0.4, 0.5) is 0 Å². The predicted octanol–water partition coefficient (Wildman–Crippen LogP) is 3.19. The van der Waals surface area contributed by atoms with Crippen molar-refractivity contribution in [3.8, 4) is 0 Å². The highest BCUT2D eigenvalue weighted by Crippen LogP contribution is 2.24. The quantitative estimate of drug-likeness (QED) is 0.676. The van der Waals surface area contributed by atoms with Crippen LogP contribution in [0, 0.1) is 3.57 Å². The van der Waals surface area contributed by atoms with Crippen LogP contribution in [0.3, 0.4) is 0 Å². The number of carbonyl (C=O) groups excluding carboxylic acids is 1. The Labute approximate surface area is 120 Å². The number of nitrogens with zero attached hydrogens (tertiary/aromatic N) is 1. The van der Waals surface area contributed by atoms with Crippen LogP contribution < -0.4 is 5.73 Å². The number of carbonyl (C=O) groups is 1. The smallest absolute Gasteiger partial charge is 0.181 e. The van der Waals surface area contributed by atoms with Crippen LogP contribution in [0.5, 0.6) is 0 Å². The van der Waals surface area contributed by atoms with Crippen molar-refractivity contribution in [2.75, 3.05) is 0 Å². The van der Waals surface area contributed by atoms with Crippen molar-refractivity contribution in [1.29, 1.82) is 0 Å². The second kappa shape index (κ2) is 5.40. The lowest BCUT2D eigenvalue weighted by Crippen LogP contribution is -2.29. The fourth-order valence-electron chi connectivity index (χ4n) is 2.11. The lowest BCUT2D eigenvalue weighted by atomic mass is 10.0. The Hall–Kier alpha value is -0.880. The van der Waals surface area contributed by atoms with Gasteiger partial charge in [-0.25, -0.2) is 0 Å². The summed E-state index contributed by atoms with van der Waals surface area (Å²) in [5.74, 6) is 0.0379. The Bertz CT molecular complexity index is 589. The van der Waals surface area contributed by atoms with Gasteiger partial charge in [-0.05, 0) is 48.1 Å². The van der Waals surface area contributed by atoms with Crippen molar-refractivity contribution in [2.45, 2.75) is 32.9 Å². The highest BCUT2D eigenvalue weighted by Gasteiger charge is 2.19. The third-order valence-corrected chi connectivity index (χ3v) is 3.90. The van der Waals surface area contributed by atoms with E-state index >= 15 is 0 Å². The molecule has 0 saturated heterocycles. The Balaban J connectivity index is 2.62. The summed E-state index contributed by atoms with van der Waals surface area (Å²) in [6.45, 7) is 4.86. The summed E-state index contributed by atoms with van der Waals surface area (Å²) in [5, 5.41) is 1.01. The van der Waals surface area contributed by atoms with Crippen LogP contribution in [-0.4, -0.2) is 16.4 Å². The molecule has 1 unspecified atom stereocenters. The number of halogens is 1. The van der Waals surface area contributed by atoms with Gasteiger partial charge in [-0.15, -0.1) is 0 Å². The van der Waals surface area contributed by atoms with E-state index in [2.05, 4.69) is 40.1 Å². The van der Waals surface area contributed by atoms with E-state index < -0.39 is 6.04 Å². The summed E-state index contributed by atoms with van der Waals surface area (Å²) in [6, 6.07) is 5.74. The number of aromatic nitrogens is 1. The lowest BCUT2D eigenvalue weighted by Gasteiger charge is -2.05. The normalized spacial score (nSPS) is 12.9. The van der Waals surface area contributed by atoms with Crippen molar-refractivity contribution in [1.82, 2.24) is 4.57 Å². The maximum atomic E-state index is 12.3. The molecule has 0 bridgehead atoms. The van der Waals surface area contributed by atoms with E-state index in [1.165, 1.54) is 3.57 Å². The molecular formula is C14H17IN2O. The van der Waals surface area contributed by atoms with E-state index in [1.807, 2.05) is 25.3 Å². The number of Topliss-reactive ketones (excluding diaryl/α,β-unsaturated/α-hetero) is 1. The van der Waals surface area contributed by atoms with Crippen molar-refractivity contribution in [3.05, 3.63) is 33.5 Å². The Kier molecular flexibility index (Phi) is 4.07.